The molecule has 4 bridgehead atoms. The van der Waals surface area contributed by atoms with Crippen LogP contribution in [0.5, 0.6) is 0 Å². The van der Waals surface area contributed by atoms with Crippen molar-refractivity contribution >= 4 is 17.1 Å². The number of halogens is 1. The van der Waals surface area contributed by atoms with E-state index in [0.29, 0.717) is 6.54 Å². The third-order valence-corrected chi connectivity index (χ3v) is 9.91. The number of aromatic nitrogens is 3. The molecular formula is C39H46FN9. The summed E-state index contributed by atoms with van der Waals surface area (Å²) in [5.74, 6) is 0.591. The van der Waals surface area contributed by atoms with Gasteiger partial charge in [-0.15, -0.1) is 0 Å². The molecule has 9 nitrogen and oxygen atoms in total. The summed E-state index contributed by atoms with van der Waals surface area (Å²) in [5.41, 5.74) is 12.7. The first kappa shape index (κ1) is 32.6. The van der Waals surface area contributed by atoms with Gasteiger partial charge in [0.25, 0.3) is 0 Å². The minimum absolute atomic E-state index is 0.00685. The lowest BCUT2D eigenvalue weighted by Crippen LogP contribution is -2.45. The molecule has 2 atom stereocenters. The fourth-order valence-electron chi connectivity index (χ4n) is 7.85. The number of likely N-dealkylation sites (N-methyl/N-ethyl adjacent to an activating group) is 2. The maximum Gasteiger partial charge on any atom is 0.126 e. The van der Waals surface area contributed by atoms with Crippen molar-refractivity contribution in [2.45, 2.75) is 45.8 Å². The van der Waals surface area contributed by atoms with Crippen molar-refractivity contribution in [1.29, 1.82) is 0 Å². The number of likely N-dealkylation sites (tertiary alicyclic amines) is 1. The van der Waals surface area contributed by atoms with E-state index >= 15 is 0 Å². The van der Waals surface area contributed by atoms with Crippen LogP contribution in [0.1, 0.15) is 35.7 Å². The number of fused-ring (bicyclic) bond motifs is 6. The molecule has 10 heteroatoms. The Hall–Kier alpha value is -4.93. The van der Waals surface area contributed by atoms with E-state index in [0.717, 1.165) is 82.7 Å². The van der Waals surface area contributed by atoms with Crippen molar-refractivity contribution in [1.82, 2.24) is 34.9 Å². The Bertz CT molecular complexity index is 1960. The largest absolute Gasteiger partial charge is 0.365 e. The summed E-state index contributed by atoms with van der Waals surface area (Å²) in [6.07, 6.45) is 2.77. The second kappa shape index (κ2) is 12.8. The van der Waals surface area contributed by atoms with Gasteiger partial charge < -0.3 is 15.5 Å². The number of hydrazine groups is 1. The molecule has 5 heterocycles. The van der Waals surface area contributed by atoms with Gasteiger partial charge in [-0.3, -0.25) is 14.9 Å². The van der Waals surface area contributed by atoms with Crippen molar-refractivity contribution in [3.05, 3.63) is 119 Å². The second-order valence-corrected chi connectivity index (χ2v) is 13.7. The van der Waals surface area contributed by atoms with Gasteiger partial charge in [0.2, 0.25) is 0 Å². The van der Waals surface area contributed by atoms with E-state index in [-0.39, 0.29) is 17.9 Å². The zero-order chi connectivity index (χ0) is 34.6. The van der Waals surface area contributed by atoms with E-state index in [1.54, 1.807) is 12.1 Å². The van der Waals surface area contributed by atoms with Crippen molar-refractivity contribution in [3.8, 4) is 16.9 Å². The Labute approximate surface area is 289 Å². The molecule has 0 amide bonds. The number of nitrogens with one attached hydrogen (secondary N) is 2. The highest BCUT2D eigenvalue weighted by Crippen LogP contribution is 2.42. The summed E-state index contributed by atoms with van der Waals surface area (Å²) < 4.78 is 16.0. The van der Waals surface area contributed by atoms with Gasteiger partial charge in [-0.2, -0.15) is 5.10 Å². The predicted octanol–water partition coefficient (Wildman–Crippen LogP) is 6.34. The summed E-state index contributed by atoms with van der Waals surface area (Å²) in [4.78, 5) is 10.1. The molecule has 3 aliphatic heterocycles. The number of aryl methyl sites for hydroxylation is 2. The molecule has 0 spiro atoms. The molecule has 49 heavy (non-hydrogen) atoms. The molecule has 254 valence electrons. The molecule has 3 aliphatic rings. The third kappa shape index (κ3) is 5.89. The van der Waals surface area contributed by atoms with Crippen molar-refractivity contribution < 1.29 is 4.39 Å². The van der Waals surface area contributed by atoms with Crippen LogP contribution >= 0.6 is 0 Å². The Kier molecular flexibility index (Phi) is 8.54. The molecule has 0 saturated carbocycles. The Morgan fingerprint density at radius 3 is 2.59 bits per heavy atom. The second-order valence-electron chi connectivity index (χ2n) is 13.7. The van der Waals surface area contributed by atoms with Gasteiger partial charge in [-0.05, 0) is 89.3 Å². The number of pyridine rings is 1. The molecular weight excluding hydrogens is 613 g/mol. The minimum Gasteiger partial charge on any atom is -0.365 e. The topological polar surface area (TPSA) is 67.7 Å². The molecule has 1 saturated heterocycles. The van der Waals surface area contributed by atoms with E-state index in [2.05, 4.69) is 95.3 Å². The van der Waals surface area contributed by atoms with Crippen LogP contribution in [0.25, 0.3) is 22.5 Å². The number of benzene rings is 2. The SMILES string of the molecule is C=C1C2CC(CN2C2=C(c3c(CNC)cnn3-c3ccc(F)cc3)CN(C)C2)Nc2cccc(n2)-c2cc(C)cc(C)c2N(C(=C)C)N1C. The molecule has 2 aromatic heterocycles. The van der Waals surface area contributed by atoms with E-state index < -0.39 is 0 Å². The fourth-order valence-corrected chi connectivity index (χ4v) is 7.85. The van der Waals surface area contributed by atoms with Gasteiger partial charge in [0.05, 0.1) is 40.7 Å². The summed E-state index contributed by atoms with van der Waals surface area (Å²) >= 11 is 0. The fraction of sp³-hybridized carbons (Fsp3) is 0.333. The van der Waals surface area contributed by atoms with Crippen LogP contribution in [0.15, 0.2) is 91.0 Å². The molecule has 2 unspecified atom stereocenters. The van der Waals surface area contributed by atoms with Gasteiger partial charge in [0, 0.05) is 67.4 Å². The molecule has 7 rings (SSSR count). The zero-order valence-corrected chi connectivity index (χ0v) is 29.4. The first-order chi connectivity index (χ1) is 23.5. The maximum atomic E-state index is 14.0. The average molecular weight is 660 g/mol. The summed E-state index contributed by atoms with van der Waals surface area (Å²) in [7, 11) is 6.21. The quantitative estimate of drug-likeness (QED) is 0.249. The van der Waals surface area contributed by atoms with E-state index in [1.165, 1.54) is 29.0 Å². The monoisotopic (exact) mass is 659 g/mol. The van der Waals surface area contributed by atoms with E-state index in [4.69, 9.17) is 16.7 Å². The molecule has 0 radical (unpaired) electrons. The summed E-state index contributed by atoms with van der Waals surface area (Å²) in [6, 6.07) is 17.4. The van der Waals surface area contributed by atoms with E-state index in [9.17, 15) is 4.39 Å². The predicted molar refractivity (Wildman–Crippen MR) is 197 cm³/mol. The van der Waals surface area contributed by atoms with Gasteiger partial charge in [0.15, 0.2) is 0 Å². The summed E-state index contributed by atoms with van der Waals surface area (Å²) in [5, 5.41) is 16.4. The number of anilines is 2. The highest BCUT2D eigenvalue weighted by molar-refractivity contribution is 5.81. The number of nitrogens with zero attached hydrogens (tertiary/aromatic N) is 7. The van der Waals surface area contributed by atoms with Gasteiger partial charge in [-0.25, -0.2) is 14.1 Å². The van der Waals surface area contributed by atoms with Crippen molar-refractivity contribution in [2.75, 3.05) is 51.1 Å². The van der Waals surface area contributed by atoms with Gasteiger partial charge >= 0.3 is 0 Å². The van der Waals surface area contributed by atoms with Crippen LogP contribution in [0, 0.1) is 19.7 Å². The minimum atomic E-state index is -0.268. The normalized spacial score (nSPS) is 19.6. The molecule has 1 fully saturated rings. The van der Waals surface area contributed by atoms with Crippen LogP contribution in [-0.4, -0.2) is 82.4 Å². The maximum absolute atomic E-state index is 14.0. The standard InChI is InChI=1S/C39H46FN9/c1-24(2)49-38-26(4)16-25(3)17-32(38)34-10-9-11-37(44-34)43-30-18-35(27(5)46(49)8)47(21-30)36-23-45(7)22-33(36)39-28(19-41-6)20-42-48(39)31-14-12-29(40)13-15-31/h9-17,20,30,35,41H,1,5,18-19,21-23H2,2-4,6-8H3,(H,43,44). The zero-order valence-electron chi connectivity index (χ0n) is 29.4. The van der Waals surface area contributed by atoms with Crippen LogP contribution in [0.4, 0.5) is 15.9 Å². The van der Waals surface area contributed by atoms with Crippen molar-refractivity contribution in [3.63, 3.8) is 0 Å². The smallest absolute Gasteiger partial charge is 0.126 e. The highest BCUT2D eigenvalue weighted by Gasteiger charge is 2.41. The lowest BCUT2D eigenvalue weighted by atomic mass is 10.00. The van der Waals surface area contributed by atoms with Crippen LogP contribution in [0.2, 0.25) is 0 Å². The average Bonchev–Trinajstić information content (AvgIpc) is 3.78. The lowest BCUT2D eigenvalue weighted by Gasteiger charge is -2.42. The third-order valence-electron chi connectivity index (χ3n) is 9.91. The summed E-state index contributed by atoms with van der Waals surface area (Å²) in [6.45, 7) is 18.6. The Morgan fingerprint density at radius 2 is 1.86 bits per heavy atom. The lowest BCUT2D eigenvalue weighted by molar-refractivity contribution is 0.270. The number of hydrogen-bond donors (Lipinski definition) is 2. The number of hydrogen-bond acceptors (Lipinski definition) is 8. The molecule has 2 aromatic carbocycles. The highest BCUT2D eigenvalue weighted by atomic mass is 19.1. The van der Waals surface area contributed by atoms with Crippen LogP contribution < -0.4 is 15.6 Å². The van der Waals surface area contributed by atoms with E-state index in [1.807, 2.05) is 24.9 Å². The van der Waals surface area contributed by atoms with Crippen LogP contribution in [-0.2, 0) is 6.54 Å². The first-order valence-corrected chi connectivity index (χ1v) is 16.9. The van der Waals surface area contributed by atoms with Crippen LogP contribution in [0.3, 0.4) is 0 Å². The first-order valence-electron chi connectivity index (χ1n) is 16.9. The number of allylic oxidation sites excluding steroid dienone is 1. The Morgan fingerprint density at radius 1 is 1.08 bits per heavy atom. The number of rotatable bonds is 6. The van der Waals surface area contributed by atoms with Gasteiger partial charge in [-0.1, -0.05) is 30.9 Å². The molecule has 4 aromatic rings. The van der Waals surface area contributed by atoms with Crippen molar-refractivity contribution in [2.24, 2.45) is 0 Å². The van der Waals surface area contributed by atoms with Gasteiger partial charge in [0.1, 0.15) is 11.6 Å². The Balaban J connectivity index is 1.39. The molecule has 2 N–H and O–H groups in total. The molecule has 0 aliphatic carbocycles.